The van der Waals surface area contributed by atoms with Crippen molar-refractivity contribution in [1.82, 2.24) is 10.1 Å². The Kier molecular flexibility index (Phi) is 3.32. The maximum absolute atomic E-state index is 12.5. The van der Waals surface area contributed by atoms with Gasteiger partial charge in [-0.2, -0.15) is 0 Å². The number of anilines is 1. The van der Waals surface area contributed by atoms with E-state index in [4.69, 9.17) is 8.94 Å². The van der Waals surface area contributed by atoms with E-state index in [9.17, 15) is 9.59 Å². The summed E-state index contributed by atoms with van der Waals surface area (Å²) in [5, 5.41) is 6.62. The van der Waals surface area contributed by atoms with Gasteiger partial charge in [0.25, 0.3) is 5.91 Å². The summed E-state index contributed by atoms with van der Waals surface area (Å²) in [5.74, 6) is -0.244. The average Bonchev–Trinajstić information content (AvgIpc) is 3.00. The Balaban J connectivity index is 1.92. The molecule has 2 aromatic heterocycles. The van der Waals surface area contributed by atoms with Crippen LogP contribution < -0.4 is 11.1 Å². The van der Waals surface area contributed by atoms with Gasteiger partial charge in [0.05, 0.1) is 11.2 Å². The SMILES string of the molecule is Cc1noc(C(C)C)c1C(=O)Nc1ccc2[nH]c(=O)oc2c1. The van der Waals surface area contributed by atoms with E-state index >= 15 is 0 Å². The predicted octanol–water partition coefficient (Wildman–Crippen LogP) is 2.79. The quantitative estimate of drug-likeness (QED) is 0.774. The zero-order chi connectivity index (χ0) is 15.9. The first-order valence-corrected chi connectivity index (χ1v) is 6.86. The van der Waals surface area contributed by atoms with Crippen LogP contribution in [0.15, 0.2) is 31.9 Å². The third-order valence-electron chi connectivity index (χ3n) is 3.32. The highest BCUT2D eigenvalue weighted by Gasteiger charge is 2.22. The second kappa shape index (κ2) is 5.18. The van der Waals surface area contributed by atoms with Crippen molar-refractivity contribution < 1.29 is 13.7 Å². The van der Waals surface area contributed by atoms with Crippen molar-refractivity contribution in [1.29, 1.82) is 0 Å². The normalized spacial score (nSPS) is 11.3. The van der Waals surface area contributed by atoms with Gasteiger partial charge in [-0.15, -0.1) is 0 Å². The van der Waals surface area contributed by atoms with Crippen LogP contribution in [-0.4, -0.2) is 16.0 Å². The summed E-state index contributed by atoms with van der Waals surface area (Å²) in [6.07, 6.45) is 0. The molecule has 0 radical (unpaired) electrons. The molecule has 0 spiro atoms. The summed E-state index contributed by atoms with van der Waals surface area (Å²) >= 11 is 0. The lowest BCUT2D eigenvalue weighted by Crippen LogP contribution is -2.14. The van der Waals surface area contributed by atoms with Crippen LogP contribution in [0.3, 0.4) is 0 Å². The van der Waals surface area contributed by atoms with Crippen LogP contribution in [0.5, 0.6) is 0 Å². The number of aryl methyl sites for hydroxylation is 1. The number of nitrogens with one attached hydrogen (secondary N) is 2. The molecule has 2 N–H and O–H groups in total. The van der Waals surface area contributed by atoms with E-state index < -0.39 is 5.76 Å². The largest absolute Gasteiger partial charge is 0.417 e. The number of rotatable bonds is 3. The molecular weight excluding hydrogens is 286 g/mol. The van der Waals surface area contributed by atoms with Gasteiger partial charge in [-0.1, -0.05) is 19.0 Å². The third kappa shape index (κ3) is 2.41. The van der Waals surface area contributed by atoms with Gasteiger partial charge in [0.15, 0.2) is 11.3 Å². The Morgan fingerprint density at radius 2 is 2.14 bits per heavy atom. The molecule has 3 rings (SSSR count). The number of hydrogen-bond acceptors (Lipinski definition) is 5. The number of carbonyl (C=O) groups is 1. The van der Waals surface area contributed by atoms with Gasteiger partial charge in [-0.05, 0) is 19.1 Å². The molecule has 3 aromatic rings. The van der Waals surface area contributed by atoms with Crippen molar-refractivity contribution in [3.05, 3.63) is 45.8 Å². The number of amides is 1. The van der Waals surface area contributed by atoms with Crippen LogP contribution in [0.25, 0.3) is 11.1 Å². The third-order valence-corrected chi connectivity index (χ3v) is 3.32. The molecule has 0 aliphatic heterocycles. The molecule has 0 aliphatic carbocycles. The lowest BCUT2D eigenvalue weighted by atomic mass is 10.0. The highest BCUT2D eigenvalue weighted by Crippen LogP contribution is 2.24. The molecule has 7 heteroatoms. The number of hydrogen-bond donors (Lipinski definition) is 2. The topological polar surface area (TPSA) is 101 Å². The Bertz CT molecular complexity index is 901. The first-order valence-electron chi connectivity index (χ1n) is 6.86. The molecule has 1 amide bonds. The van der Waals surface area contributed by atoms with Gasteiger partial charge in [0, 0.05) is 17.7 Å². The van der Waals surface area contributed by atoms with Crippen molar-refractivity contribution in [3.8, 4) is 0 Å². The van der Waals surface area contributed by atoms with E-state index in [1.807, 2.05) is 13.8 Å². The summed E-state index contributed by atoms with van der Waals surface area (Å²) in [4.78, 5) is 26.1. The zero-order valence-electron chi connectivity index (χ0n) is 12.4. The molecule has 22 heavy (non-hydrogen) atoms. The Hall–Kier alpha value is -2.83. The summed E-state index contributed by atoms with van der Waals surface area (Å²) in [6, 6.07) is 4.94. The highest BCUT2D eigenvalue weighted by molar-refractivity contribution is 6.06. The molecule has 0 bridgehead atoms. The molecule has 0 atom stereocenters. The fraction of sp³-hybridized carbons (Fsp3) is 0.267. The molecule has 114 valence electrons. The summed E-state index contributed by atoms with van der Waals surface area (Å²) in [6.45, 7) is 5.58. The minimum atomic E-state index is -0.532. The highest BCUT2D eigenvalue weighted by atomic mass is 16.5. The molecule has 0 aliphatic rings. The molecule has 0 fully saturated rings. The van der Waals surface area contributed by atoms with Gasteiger partial charge in [0.2, 0.25) is 0 Å². The monoisotopic (exact) mass is 301 g/mol. The van der Waals surface area contributed by atoms with Crippen molar-refractivity contribution in [2.45, 2.75) is 26.7 Å². The van der Waals surface area contributed by atoms with E-state index in [-0.39, 0.29) is 11.8 Å². The van der Waals surface area contributed by atoms with E-state index in [0.29, 0.717) is 33.8 Å². The van der Waals surface area contributed by atoms with Crippen LogP contribution >= 0.6 is 0 Å². The molecule has 2 heterocycles. The first-order chi connectivity index (χ1) is 10.5. The van der Waals surface area contributed by atoms with Gasteiger partial charge >= 0.3 is 5.76 Å². The minimum absolute atomic E-state index is 0.0483. The van der Waals surface area contributed by atoms with Crippen molar-refractivity contribution >= 4 is 22.7 Å². The number of aromatic amines is 1. The van der Waals surface area contributed by atoms with Gasteiger partial charge < -0.3 is 14.3 Å². The van der Waals surface area contributed by atoms with Crippen LogP contribution in [0.1, 0.15) is 41.6 Å². The standard InChI is InChI=1S/C15H15N3O4/c1-7(2)13-12(8(3)18-22-13)14(19)16-9-4-5-10-11(6-9)21-15(20)17-10/h4-7H,1-3H3,(H,16,19)(H,17,20). The van der Waals surface area contributed by atoms with Crippen molar-refractivity contribution in [2.24, 2.45) is 0 Å². The second-order valence-electron chi connectivity index (χ2n) is 5.34. The average molecular weight is 301 g/mol. The van der Waals surface area contributed by atoms with Crippen LogP contribution in [0.4, 0.5) is 5.69 Å². The first kappa shape index (κ1) is 14.1. The molecule has 0 saturated heterocycles. The van der Waals surface area contributed by atoms with E-state index in [2.05, 4.69) is 15.5 Å². The number of aromatic nitrogens is 2. The van der Waals surface area contributed by atoms with E-state index in [1.54, 1.807) is 25.1 Å². The maximum atomic E-state index is 12.5. The molecule has 1 aromatic carbocycles. The number of nitrogens with zero attached hydrogens (tertiary/aromatic N) is 1. The Labute approximate surface area is 125 Å². The predicted molar refractivity (Wildman–Crippen MR) is 80.1 cm³/mol. The lowest BCUT2D eigenvalue weighted by molar-refractivity contribution is 0.102. The van der Waals surface area contributed by atoms with Crippen molar-refractivity contribution in [2.75, 3.05) is 5.32 Å². The maximum Gasteiger partial charge on any atom is 0.417 e. The number of carbonyl (C=O) groups excluding carboxylic acids is 1. The van der Waals surface area contributed by atoms with Gasteiger partial charge in [-0.3, -0.25) is 9.78 Å². The minimum Gasteiger partial charge on any atom is -0.408 e. The van der Waals surface area contributed by atoms with Crippen molar-refractivity contribution in [3.63, 3.8) is 0 Å². The zero-order valence-corrected chi connectivity index (χ0v) is 12.4. The smallest absolute Gasteiger partial charge is 0.408 e. The van der Waals surface area contributed by atoms with Crippen LogP contribution in [0, 0.1) is 6.92 Å². The number of benzene rings is 1. The van der Waals surface area contributed by atoms with Gasteiger partial charge in [-0.25, -0.2) is 4.79 Å². The summed E-state index contributed by atoms with van der Waals surface area (Å²) < 4.78 is 10.2. The van der Waals surface area contributed by atoms with E-state index in [0.717, 1.165) is 0 Å². The van der Waals surface area contributed by atoms with E-state index in [1.165, 1.54) is 0 Å². The fourth-order valence-corrected chi connectivity index (χ4v) is 2.27. The number of fused-ring (bicyclic) bond motifs is 1. The number of oxazole rings is 1. The molecule has 0 unspecified atom stereocenters. The van der Waals surface area contributed by atoms with Crippen LogP contribution in [-0.2, 0) is 0 Å². The molecular formula is C15H15N3O4. The molecule has 0 saturated carbocycles. The van der Waals surface area contributed by atoms with Crippen LogP contribution in [0.2, 0.25) is 0 Å². The Morgan fingerprint density at radius 1 is 1.36 bits per heavy atom. The summed E-state index contributed by atoms with van der Waals surface area (Å²) in [5.41, 5.74) is 2.46. The summed E-state index contributed by atoms with van der Waals surface area (Å²) in [7, 11) is 0. The van der Waals surface area contributed by atoms with Gasteiger partial charge in [0.1, 0.15) is 5.56 Å². The fourth-order valence-electron chi connectivity index (χ4n) is 2.27. The second-order valence-corrected chi connectivity index (χ2v) is 5.34. The number of H-pyrrole nitrogens is 1. The lowest BCUT2D eigenvalue weighted by Gasteiger charge is -2.07. The Morgan fingerprint density at radius 3 is 2.86 bits per heavy atom. The molecule has 7 nitrogen and oxygen atoms in total.